The second-order valence-electron chi connectivity index (χ2n) is 7.67. The zero-order valence-corrected chi connectivity index (χ0v) is 13.9. The van der Waals surface area contributed by atoms with E-state index >= 15 is 0 Å². The molecule has 2 fully saturated rings. The number of amides is 1. The normalized spacial score (nSPS) is 22.0. The molecule has 1 heterocycles. The van der Waals surface area contributed by atoms with Crippen LogP contribution in [0, 0.1) is 0 Å². The largest absolute Gasteiger partial charge is 0.481 e. The summed E-state index contributed by atoms with van der Waals surface area (Å²) in [5.74, 6) is -0.827. The Morgan fingerprint density at radius 3 is 2.32 bits per heavy atom. The lowest BCUT2D eigenvalue weighted by atomic mass is 9.83. The smallest absolute Gasteiger partial charge is 0.410 e. The summed E-state index contributed by atoms with van der Waals surface area (Å²) in [5, 5.41) is 12.7. The molecule has 0 spiro atoms. The Labute approximate surface area is 132 Å². The number of rotatable bonds is 4. The van der Waals surface area contributed by atoms with Crippen molar-refractivity contribution in [3.63, 3.8) is 0 Å². The number of carboxylic acids is 1. The number of likely N-dealkylation sites (tertiary alicyclic amines) is 1. The van der Waals surface area contributed by atoms with Crippen molar-refractivity contribution in [2.75, 3.05) is 13.1 Å². The Balaban J connectivity index is 1.92. The topological polar surface area (TPSA) is 78.9 Å². The molecule has 6 nitrogen and oxygen atoms in total. The van der Waals surface area contributed by atoms with Gasteiger partial charge >= 0.3 is 12.1 Å². The number of aliphatic carboxylic acids is 1. The first-order valence-electron chi connectivity index (χ1n) is 8.17. The molecule has 2 aliphatic rings. The van der Waals surface area contributed by atoms with Gasteiger partial charge < -0.3 is 20.1 Å². The molecule has 0 atom stereocenters. The first-order chi connectivity index (χ1) is 10.2. The molecule has 0 bridgehead atoms. The molecule has 1 saturated heterocycles. The van der Waals surface area contributed by atoms with Gasteiger partial charge in [-0.3, -0.25) is 4.79 Å². The van der Waals surface area contributed by atoms with Crippen molar-refractivity contribution in [3.8, 4) is 0 Å². The van der Waals surface area contributed by atoms with Crippen LogP contribution in [0.3, 0.4) is 0 Å². The van der Waals surface area contributed by atoms with E-state index in [0.29, 0.717) is 19.1 Å². The van der Waals surface area contributed by atoms with Crippen LogP contribution >= 0.6 is 0 Å². The maximum atomic E-state index is 12.0. The van der Waals surface area contributed by atoms with Crippen molar-refractivity contribution in [2.45, 2.75) is 76.5 Å². The molecule has 22 heavy (non-hydrogen) atoms. The van der Waals surface area contributed by atoms with Crippen LogP contribution in [-0.4, -0.2) is 52.3 Å². The predicted molar refractivity (Wildman–Crippen MR) is 82.8 cm³/mol. The van der Waals surface area contributed by atoms with E-state index in [2.05, 4.69) is 5.32 Å². The molecule has 0 aromatic rings. The average Bonchev–Trinajstić information content (AvgIpc) is 2.33. The summed E-state index contributed by atoms with van der Waals surface area (Å²) in [6, 6.07) is 0.369. The Kier molecular flexibility index (Phi) is 5.00. The predicted octanol–water partition coefficient (Wildman–Crippen LogP) is 2.37. The monoisotopic (exact) mass is 312 g/mol. The minimum atomic E-state index is -0.827. The second kappa shape index (κ2) is 6.44. The average molecular weight is 312 g/mol. The van der Waals surface area contributed by atoms with Gasteiger partial charge in [0, 0.05) is 19.1 Å². The number of carbonyl (C=O) groups excluding carboxylic acids is 1. The highest BCUT2D eigenvalue weighted by atomic mass is 16.6. The Morgan fingerprint density at radius 2 is 1.82 bits per heavy atom. The van der Waals surface area contributed by atoms with Gasteiger partial charge in [-0.05, 0) is 33.6 Å². The fourth-order valence-corrected chi connectivity index (χ4v) is 3.36. The van der Waals surface area contributed by atoms with Crippen LogP contribution in [0.1, 0.15) is 59.3 Å². The van der Waals surface area contributed by atoms with E-state index in [1.165, 1.54) is 19.3 Å². The fourth-order valence-electron chi connectivity index (χ4n) is 3.36. The number of hydrogen-bond donors (Lipinski definition) is 2. The molecule has 2 rings (SSSR count). The quantitative estimate of drug-likeness (QED) is 0.833. The third kappa shape index (κ3) is 4.60. The van der Waals surface area contributed by atoms with E-state index in [1.54, 1.807) is 4.90 Å². The summed E-state index contributed by atoms with van der Waals surface area (Å²) in [6.45, 7) is 6.30. The highest BCUT2D eigenvalue weighted by Gasteiger charge is 2.48. The van der Waals surface area contributed by atoms with Crippen LogP contribution in [0.15, 0.2) is 0 Å². The first kappa shape index (κ1) is 17.1. The van der Waals surface area contributed by atoms with E-state index < -0.39 is 17.1 Å². The van der Waals surface area contributed by atoms with Gasteiger partial charge in [0.05, 0.1) is 12.0 Å². The highest BCUT2D eigenvalue weighted by molar-refractivity contribution is 5.73. The molecule has 2 N–H and O–H groups in total. The van der Waals surface area contributed by atoms with Crippen LogP contribution < -0.4 is 5.32 Å². The lowest BCUT2D eigenvalue weighted by Gasteiger charge is -2.51. The first-order valence-corrected chi connectivity index (χ1v) is 8.17. The molecule has 0 aromatic heterocycles. The summed E-state index contributed by atoms with van der Waals surface area (Å²) in [6.07, 6.45) is 5.50. The van der Waals surface area contributed by atoms with Crippen LogP contribution in [0.2, 0.25) is 0 Å². The Morgan fingerprint density at radius 1 is 1.23 bits per heavy atom. The molecule has 126 valence electrons. The van der Waals surface area contributed by atoms with E-state index in [-0.39, 0.29) is 12.5 Å². The standard InChI is InChI=1S/C16H28N2O4/c1-15(2,3)22-14(21)18-10-16(11-18,9-13(19)20)17-12-7-5-4-6-8-12/h12,17H,4-11H2,1-3H3,(H,19,20). The third-order valence-electron chi connectivity index (χ3n) is 4.24. The zero-order chi connectivity index (χ0) is 16.4. The minimum Gasteiger partial charge on any atom is -0.481 e. The molecule has 6 heteroatoms. The lowest BCUT2D eigenvalue weighted by molar-refractivity contribution is -0.141. The Hall–Kier alpha value is -1.30. The van der Waals surface area contributed by atoms with Gasteiger partial charge in [0.2, 0.25) is 0 Å². The summed E-state index contributed by atoms with van der Waals surface area (Å²) >= 11 is 0. The third-order valence-corrected chi connectivity index (χ3v) is 4.24. The summed E-state index contributed by atoms with van der Waals surface area (Å²) in [4.78, 5) is 24.8. The van der Waals surface area contributed by atoms with Crippen molar-refractivity contribution in [1.82, 2.24) is 10.2 Å². The maximum absolute atomic E-state index is 12.0. The van der Waals surface area contributed by atoms with Gasteiger partial charge in [0.1, 0.15) is 5.60 Å². The molecule has 1 aliphatic carbocycles. The van der Waals surface area contributed by atoms with E-state index in [0.717, 1.165) is 12.8 Å². The molecule has 0 aromatic carbocycles. The van der Waals surface area contributed by atoms with Crippen LogP contribution in [0.5, 0.6) is 0 Å². The molecular formula is C16H28N2O4. The molecular weight excluding hydrogens is 284 g/mol. The molecule has 1 aliphatic heterocycles. The SMILES string of the molecule is CC(C)(C)OC(=O)N1CC(CC(=O)O)(NC2CCCCC2)C1. The van der Waals surface area contributed by atoms with Gasteiger partial charge in [-0.25, -0.2) is 4.79 Å². The Bertz CT molecular complexity index is 418. The number of carboxylic acid groups (broad SMARTS) is 1. The fraction of sp³-hybridized carbons (Fsp3) is 0.875. The van der Waals surface area contributed by atoms with E-state index in [4.69, 9.17) is 4.74 Å². The summed E-state index contributed by atoms with van der Waals surface area (Å²) in [7, 11) is 0. The number of nitrogens with zero attached hydrogens (tertiary/aromatic N) is 1. The molecule has 0 unspecified atom stereocenters. The second-order valence-corrected chi connectivity index (χ2v) is 7.67. The zero-order valence-electron chi connectivity index (χ0n) is 13.9. The van der Waals surface area contributed by atoms with Crippen LogP contribution in [0.4, 0.5) is 4.79 Å². The van der Waals surface area contributed by atoms with Gasteiger partial charge in [-0.15, -0.1) is 0 Å². The van der Waals surface area contributed by atoms with Gasteiger partial charge in [0.15, 0.2) is 0 Å². The number of nitrogens with one attached hydrogen (secondary N) is 1. The van der Waals surface area contributed by atoms with Gasteiger partial charge in [-0.1, -0.05) is 19.3 Å². The highest BCUT2D eigenvalue weighted by Crippen LogP contribution is 2.30. The van der Waals surface area contributed by atoms with Crippen molar-refractivity contribution in [3.05, 3.63) is 0 Å². The van der Waals surface area contributed by atoms with Gasteiger partial charge in [0.25, 0.3) is 0 Å². The number of carbonyl (C=O) groups is 2. The maximum Gasteiger partial charge on any atom is 0.410 e. The summed E-state index contributed by atoms with van der Waals surface area (Å²) in [5.41, 5.74) is -1.02. The van der Waals surface area contributed by atoms with Crippen molar-refractivity contribution in [2.24, 2.45) is 0 Å². The van der Waals surface area contributed by atoms with E-state index in [1.807, 2.05) is 20.8 Å². The summed E-state index contributed by atoms with van der Waals surface area (Å²) < 4.78 is 5.34. The van der Waals surface area contributed by atoms with Crippen LogP contribution in [0.25, 0.3) is 0 Å². The van der Waals surface area contributed by atoms with Crippen molar-refractivity contribution >= 4 is 12.1 Å². The number of hydrogen-bond acceptors (Lipinski definition) is 4. The van der Waals surface area contributed by atoms with Crippen LogP contribution in [-0.2, 0) is 9.53 Å². The van der Waals surface area contributed by atoms with Crippen molar-refractivity contribution in [1.29, 1.82) is 0 Å². The lowest BCUT2D eigenvalue weighted by Crippen LogP contribution is -2.72. The van der Waals surface area contributed by atoms with Gasteiger partial charge in [-0.2, -0.15) is 0 Å². The van der Waals surface area contributed by atoms with Crippen molar-refractivity contribution < 1.29 is 19.4 Å². The van der Waals surface area contributed by atoms with E-state index in [9.17, 15) is 14.7 Å². The number of ether oxygens (including phenoxy) is 1. The molecule has 0 radical (unpaired) electrons. The molecule has 1 amide bonds. The minimum absolute atomic E-state index is 0.0444. The molecule has 1 saturated carbocycles.